The molecule has 1 aromatic heterocycles. The summed E-state index contributed by atoms with van der Waals surface area (Å²) < 4.78 is 0. The molecule has 0 aliphatic carbocycles. The molecular weight excluding hydrogens is 220 g/mol. The molecule has 0 spiro atoms. The van der Waals surface area contributed by atoms with Crippen LogP contribution in [0.1, 0.15) is 36.9 Å². The summed E-state index contributed by atoms with van der Waals surface area (Å²) in [6.45, 7) is 7.03. The number of guanidine groups is 1. The number of nitrogens with zero attached hydrogens (tertiary/aromatic N) is 2. The summed E-state index contributed by atoms with van der Waals surface area (Å²) in [7, 11) is 0. The highest BCUT2D eigenvalue weighted by molar-refractivity contribution is 7.09. The van der Waals surface area contributed by atoms with Crippen LogP contribution in [-0.2, 0) is 6.54 Å². The zero-order valence-electron chi connectivity index (χ0n) is 9.79. The highest BCUT2D eigenvalue weighted by Gasteiger charge is 2.07. The van der Waals surface area contributed by atoms with E-state index in [1.54, 1.807) is 11.3 Å². The average Bonchev–Trinajstić information content (AvgIpc) is 2.76. The van der Waals surface area contributed by atoms with E-state index >= 15 is 0 Å². The Labute approximate surface area is 100 Å². The average molecular weight is 238 g/mol. The van der Waals surface area contributed by atoms with Gasteiger partial charge in [0.15, 0.2) is 5.96 Å². The van der Waals surface area contributed by atoms with Crippen LogP contribution in [0.2, 0.25) is 0 Å². The van der Waals surface area contributed by atoms with E-state index in [4.69, 9.17) is 0 Å². The van der Waals surface area contributed by atoms with Gasteiger partial charge in [0, 0.05) is 18.5 Å². The minimum Gasteiger partial charge on any atom is -0.356 e. The van der Waals surface area contributed by atoms with Crippen LogP contribution in [0.3, 0.4) is 0 Å². The first-order chi connectivity index (χ1) is 7.75. The normalized spacial score (nSPS) is 15.8. The second-order valence-electron chi connectivity index (χ2n) is 4.19. The summed E-state index contributed by atoms with van der Waals surface area (Å²) in [4.78, 5) is 8.93. The molecule has 4 nitrogen and oxygen atoms in total. The number of hydrogen-bond acceptors (Lipinski definition) is 5. The van der Waals surface area contributed by atoms with Crippen LogP contribution in [0.5, 0.6) is 0 Å². The number of thiazole rings is 1. The lowest BCUT2D eigenvalue weighted by Crippen LogP contribution is -2.40. The Balaban J connectivity index is 1.86. The van der Waals surface area contributed by atoms with E-state index in [1.807, 2.05) is 0 Å². The summed E-state index contributed by atoms with van der Waals surface area (Å²) >= 11 is 1.71. The lowest BCUT2D eigenvalue weighted by molar-refractivity contribution is 0.699. The molecule has 0 saturated carbocycles. The molecule has 2 heterocycles. The van der Waals surface area contributed by atoms with Crippen LogP contribution in [-0.4, -0.2) is 24.0 Å². The first-order valence-electron chi connectivity index (χ1n) is 5.72. The Kier molecular flexibility index (Phi) is 3.77. The topological polar surface area (TPSA) is 49.3 Å². The van der Waals surface area contributed by atoms with E-state index in [0.717, 1.165) is 37.0 Å². The Hall–Kier alpha value is -1.10. The second-order valence-corrected chi connectivity index (χ2v) is 5.13. The molecule has 0 unspecified atom stereocenters. The highest BCUT2D eigenvalue weighted by Crippen LogP contribution is 2.17. The zero-order chi connectivity index (χ0) is 11.4. The monoisotopic (exact) mass is 238 g/mol. The molecule has 0 bridgehead atoms. The lowest BCUT2D eigenvalue weighted by Gasteiger charge is -2.15. The van der Waals surface area contributed by atoms with Crippen LogP contribution in [0.4, 0.5) is 0 Å². The number of aliphatic imine (C=N–C) groups is 1. The van der Waals surface area contributed by atoms with Gasteiger partial charge in [0.25, 0.3) is 0 Å². The predicted molar refractivity (Wildman–Crippen MR) is 68.0 cm³/mol. The zero-order valence-corrected chi connectivity index (χ0v) is 10.6. The van der Waals surface area contributed by atoms with Crippen LogP contribution < -0.4 is 10.6 Å². The molecular formula is C11H18N4S. The summed E-state index contributed by atoms with van der Waals surface area (Å²) in [5.74, 6) is 1.42. The van der Waals surface area contributed by atoms with E-state index in [-0.39, 0.29) is 0 Å². The molecule has 1 aliphatic heterocycles. The van der Waals surface area contributed by atoms with Gasteiger partial charge in [-0.25, -0.2) is 4.98 Å². The fraction of sp³-hybridized carbons (Fsp3) is 0.636. The Morgan fingerprint density at radius 1 is 1.56 bits per heavy atom. The van der Waals surface area contributed by atoms with Gasteiger partial charge in [-0.1, -0.05) is 13.8 Å². The molecule has 0 radical (unpaired) electrons. The van der Waals surface area contributed by atoms with Crippen LogP contribution in [0.15, 0.2) is 10.4 Å². The molecule has 2 rings (SSSR count). The van der Waals surface area contributed by atoms with E-state index in [2.05, 4.69) is 39.8 Å². The van der Waals surface area contributed by atoms with E-state index in [0.29, 0.717) is 5.92 Å². The molecule has 1 aromatic rings. The van der Waals surface area contributed by atoms with Gasteiger partial charge in [-0.15, -0.1) is 11.3 Å². The number of nitrogens with one attached hydrogen (secondary N) is 2. The Bertz CT molecular complexity index is 370. The van der Waals surface area contributed by atoms with Crippen molar-refractivity contribution in [3.63, 3.8) is 0 Å². The molecule has 0 saturated heterocycles. The summed E-state index contributed by atoms with van der Waals surface area (Å²) in [6.07, 6.45) is 1.12. The smallest absolute Gasteiger partial charge is 0.191 e. The van der Waals surface area contributed by atoms with Crippen molar-refractivity contribution < 1.29 is 0 Å². The van der Waals surface area contributed by atoms with Crippen LogP contribution >= 0.6 is 11.3 Å². The van der Waals surface area contributed by atoms with Crippen molar-refractivity contribution in [2.75, 3.05) is 13.1 Å². The van der Waals surface area contributed by atoms with Gasteiger partial charge in [-0.05, 0) is 12.3 Å². The van der Waals surface area contributed by atoms with Gasteiger partial charge in [-0.3, -0.25) is 4.99 Å². The SMILES string of the molecule is CC(C)c1csc(CNC2=NCCCN2)n1. The first kappa shape index (κ1) is 11.4. The minimum atomic E-state index is 0.509. The molecule has 5 heteroatoms. The van der Waals surface area contributed by atoms with Crippen molar-refractivity contribution in [3.05, 3.63) is 16.1 Å². The van der Waals surface area contributed by atoms with Crippen molar-refractivity contribution in [1.82, 2.24) is 15.6 Å². The molecule has 16 heavy (non-hydrogen) atoms. The Morgan fingerprint density at radius 2 is 2.44 bits per heavy atom. The molecule has 88 valence electrons. The summed E-state index contributed by atoms with van der Waals surface area (Å²) in [5, 5.41) is 9.77. The molecule has 0 aromatic carbocycles. The first-order valence-corrected chi connectivity index (χ1v) is 6.60. The van der Waals surface area contributed by atoms with Crippen molar-refractivity contribution >= 4 is 17.3 Å². The molecule has 1 aliphatic rings. The van der Waals surface area contributed by atoms with Crippen molar-refractivity contribution in [1.29, 1.82) is 0 Å². The number of hydrogen-bond donors (Lipinski definition) is 2. The maximum atomic E-state index is 4.57. The third kappa shape index (κ3) is 2.95. The standard InChI is InChI=1S/C11H18N4S/c1-8(2)9-7-16-10(15-9)6-14-11-12-4-3-5-13-11/h7-8H,3-6H2,1-2H3,(H2,12,13,14). The van der Waals surface area contributed by atoms with E-state index in [1.165, 1.54) is 5.69 Å². The Morgan fingerprint density at radius 3 is 3.06 bits per heavy atom. The van der Waals surface area contributed by atoms with Crippen molar-refractivity contribution in [3.8, 4) is 0 Å². The van der Waals surface area contributed by atoms with Gasteiger partial charge in [0.2, 0.25) is 0 Å². The van der Waals surface area contributed by atoms with Gasteiger partial charge in [0.05, 0.1) is 12.2 Å². The van der Waals surface area contributed by atoms with Gasteiger partial charge < -0.3 is 10.6 Å². The summed E-state index contributed by atoms with van der Waals surface area (Å²) in [5.41, 5.74) is 1.18. The van der Waals surface area contributed by atoms with Crippen molar-refractivity contribution in [2.24, 2.45) is 4.99 Å². The van der Waals surface area contributed by atoms with Crippen LogP contribution in [0, 0.1) is 0 Å². The lowest BCUT2D eigenvalue weighted by atomic mass is 10.2. The third-order valence-corrected chi connectivity index (χ3v) is 3.33. The van der Waals surface area contributed by atoms with Gasteiger partial charge >= 0.3 is 0 Å². The molecule has 0 atom stereocenters. The number of rotatable bonds is 3. The largest absolute Gasteiger partial charge is 0.356 e. The molecule has 0 amide bonds. The fourth-order valence-corrected chi connectivity index (χ4v) is 2.38. The third-order valence-electron chi connectivity index (χ3n) is 2.47. The maximum Gasteiger partial charge on any atom is 0.191 e. The minimum absolute atomic E-state index is 0.509. The van der Waals surface area contributed by atoms with E-state index < -0.39 is 0 Å². The molecule has 2 N–H and O–H groups in total. The van der Waals surface area contributed by atoms with Crippen LogP contribution in [0.25, 0.3) is 0 Å². The second kappa shape index (κ2) is 5.30. The van der Waals surface area contributed by atoms with Crippen molar-refractivity contribution in [2.45, 2.75) is 32.7 Å². The predicted octanol–water partition coefficient (Wildman–Crippen LogP) is 1.71. The van der Waals surface area contributed by atoms with E-state index in [9.17, 15) is 0 Å². The molecule has 0 fully saturated rings. The number of aromatic nitrogens is 1. The maximum absolute atomic E-state index is 4.57. The van der Waals surface area contributed by atoms with Gasteiger partial charge in [-0.2, -0.15) is 0 Å². The highest BCUT2D eigenvalue weighted by atomic mass is 32.1. The van der Waals surface area contributed by atoms with Gasteiger partial charge in [0.1, 0.15) is 5.01 Å². The quantitative estimate of drug-likeness (QED) is 0.843. The fourth-order valence-electron chi connectivity index (χ4n) is 1.48. The summed E-state index contributed by atoms with van der Waals surface area (Å²) in [6, 6.07) is 0.